The maximum atomic E-state index is 12.6. The largest absolute Gasteiger partial charge is 0.450 e. The number of benzene rings is 1. The first kappa shape index (κ1) is 28.1. The summed E-state index contributed by atoms with van der Waals surface area (Å²) in [5.41, 5.74) is 3.00. The SMILES string of the molecule is CCN(C)C=Nc1cc(C)c(Cc2nc(C(F)(F)F)cs2)cc1C.O=C(CBr)C(F)(F)F. The molecule has 32 heavy (non-hydrogen) atoms. The number of aliphatic imine (C=N–C) groups is 1. The van der Waals surface area contributed by atoms with Crippen molar-refractivity contribution >= 4 is 45.1 Å². The van der Waals surface area contributed by atoms with Gasteiger partial charge >= 0.3 is 12.4 Å². The highest BCUT2D eigenvalue weighted by molar-refractivity contribution is 9.09. The van der Waals surface area contributed by atoms with E-state index in [9.17, 15) is 31.1 Å². The van der Waals surface area contributed by atoms with E-state index in [2.05, 4.69) is 25.9 Å². The average molecular weight is 546 g/mol. The lowest BCUT2D eigenvalue weighted by molar-refractivity contribution is -0.167. The van der Waals surface area contributed by atoms with Gasteiger partial charge in [0.1, 0.15) is 0 Å². The molecule has 1 heterocycles. The Hall–Kier alpha value is -1.95. The van der Waals surface area contributed by atoms with Crippen molar-refractivity contribution in [3.8, 4) is 0 Å². The Balaban J connectivity index is 0.000000547. The molecule has 0 aliphatic heterocycles. The van der Waals surface area contributed by atoms with Crippen LogP contribution in [-0.4, -0.2) is 47.1 Å². The Morgan fingerprint density at radius 1 is 1.19 bits per heavy atom. The molecule has 2 aromatic rings. The van der Waals surface area contributed by atoms with Gasteiger partial charge < -0.3 is 4.90 Å². The molecule has 0 amide bonds. The van der Waals surface area contributed by atoms with E-state index in [1.807, 2.05) is 44.9 Å². The van der Waals surface area contributed by atoms with Crippen molar-refractivity contribution in [1.82, 2.24) is 9.88 Å². The van der Waals surface area contributed by atoms with Crippen molar-refractivity contribution in [2.24, 2.45) is 4.99 Å². The van der Waals surface area contributed by atoms with E-state index < -0.39 is 29.2 Å². The maximum Gasteiger partial charge on any atom is 0.450 e. The molecule has 0 spiro atoms. The van der Waals surface area contributed by atoms with Gasteiger partial charge in [-0.1, -0.05) is 22.0 Å². The Morgan fingerprint density at radius 3 is 2.25 bits per heavy atom. The molecule has 4 nitrogen and oxygen atoms in total. The number of ketones is 1. The molecule has 0 saturated carbocycles. The number of carbonyl (C=O) groups excluding carboxylic acids is 1. The minimum atomic E-state index is -4.68. The highest BCUT2D eigenvalue weighted by Crippen LogP contribution is 2.31. The molecular weight excluding hydrogens is 524 g/mol. The lowest BCUT2D eigenvalue weighted by Crippen LogP contribution is -2.23. The van der Waals surface area contributed by atoms with E-state index in [1.54, 1.807) is 6.34 Å². The second kappa shape index (κ2) is 11.8. The van der Waals surface area contributed by atoms with Crippen LogP contribution in [0.3, 0.4) is 0 Å². The van der Waals surface area contributed by atoms with Crippen LogP contribution >= 0.6 is 27.3 Å². The highest BCUT2D eigenvalue weighted by Gasteiger charge is 2.36. The molecule has 178 valence electrons. The van der Waals surface area contributed by atoms with Crippen LogP contribution in [0.1, 0.15) is 34.3 Å². The topological polar surface area (TPSA) is 45.6 Å². The van der Waals surface area contributed by atoms with Crippen molar-refractivity contribution < 1.29 is 31.1 Å². The summed E-state index contributed by atoms with van der Waals surface area (Å²) < 4.78 is 71.1. The smallest absolute Gasteiger partial charge is 0.366 e. The number of aryl methyl sites for hydroxylation is 2. The number of rotatable bonds is 6. The fourth-order valence-corrected chi connectivity index (χ4v) is 3.34. The molecule has 1 aromatic heterocycles. The molecule has 0 aliphatic rings. The van der Waals surface area contributed by atoms with Crippen LogP contribution in [0.15, 0.2) is 22.5 Å². The number of hydrogen-bond donors (Lipinski definition) is 0. The monoisotopic (exact) mass is 545 g/mol. The van der Waals surface area contributed by atoms with E-state index in [4.69, 9.17) is 0 Å². The molecule has 1 aromatic carbocycles. The van der Waals surface area contributed by atoms with Gasteiger partial charge in [-0.25, -0.2) is 9.98 Å². The molecule has 0 bridgehead atoms. The number of Topliss-reactive ketones (excluding diaryl/α,β-unsaturated/α-hetero) is 1. The third-order valence-electron chi connectivity index (χ3n) is 4.17. The summed E-state index contributed by atoms with van der Waals surface area (Å²) in [4.78, 5) is 19.8. The zero-order valence-corrected chi connectivity index (χ0v) is 20.1. The summed E-state index contributed by atoms with van der Waals surface area (Å²) in [6, 6.07) is 3.94. The average Bonchev–Trinajstić information content (AvgIpc) is 3.17. The lowest BCUT2D eigenvalue weighted by atomic mass is 10.0. The predicted octanol–water partition coefficient (Wildman–Crippen LogP) is 6.49. The molecule has 0 radical (unpaired) electrons. The maximum absolute atomic E-state index is 12.6. The van der Waals surface area contributed by atoms with Crippen LogP contribution < -0.4 is 0 Å². The molecule has 0 atom stereocenters. The first-order valence-corrected chi connectivity index (χ1v) is 11.2. The fraction of sp³-hybridized carbons (Fsp3) is 0.450. The van der Waals surface area contributed by atoms with Gasteiger partial charge in [0.05, 0.1) is 22.4 Å². The quantitative estimate of drug-likeness (QED) is 0.180. The molecule has 0 unspecified atom stereocenters. The van der Waals surface area contributed by atoms with E-state index in [-0.39, 0.29) is 0 Å². The molecule has 12 heteroatoms. The van der Waals surface area contributed by atoms with Gasteiger partial charge in [0.25, 0.3) is 0 Å². The standard InChI is InChI=1S/C17H20F3N3S.C3H2BrF3O/c1-5-23(4)10-21-14-7-11(2)13(6-12(14)3)8-16-22-15(9-24-16)17(18,19)20;4-1-2(8)3(5,6)7/h6-7,9-10H,5,8H2,1-4H3;1H2. The van der Waals surface area contributed by atoms with Crippen molar-refractivity contribution in [1.29, 1.82) is 0 Å². The first-order chi connectivity index (χ1) is 14.7. The summed E-state index contributed by atoms with van der Waals surface area (Å²) in [5.74, 6) is -1.75. The molecule has 0 N–H and O–H groups in total. The van der Waals surface area contributed by atoms with E-state index in [0.717, 1.165) is 45.6 Å². The zero-order chi connectivity index (χ0) is 24.7. The van der Waals surface area contributed by atoms with Crippen LogP contribution in [0.25, 0.3) is 0 Å². The zero-order valence-electron chi connectivity index (χ0n) is 17.7. The number of halogens is 7. The van der Waals surface area contributed by atoms with E-state index in [0.29, 0.717) is 11.4 Å². The number of hydrogen-bond acceptors (Lipinski definition) is 4. The van der Waals surface area contributed by atoms with Crippen molar-refractivity contribution in [2.75, 3.05) is 18.9 Å². The van der Waals surface area contributed by atoms with Gasteiger partial charge in [0, 0.05) is 25.4 Å². The lowest BCUT2D eigenvalue weighted by Gasteiger charge is -2.11. The summed E-state index contributed by atoms with van der Waals surface area (Å²) in [7, 11) is 1.95. The van der Waals surface area contributed by atoms with Crippen LogP contribution in [0.5, 0.6) is 0 Å². The Bertz CT molecular complexity index is 940. The van der Waals surface area contributed by atoms with Crippen molar-refractivity contribution in [3.63, 3.8) is 0 Å². The third-order valence-corrected chi connectivity index (χ3v) is 5.53. The second-order valence-electron chi connectivity index (χ2n) is 6.74. The minimum absolute atomic E-state index is 0.395. The first-order valence-electron chi connectivity index (χ1n) is 9.21. The molecular formula is C20H22BrF6N3OS. The second-order valence-corrected chi connectivity index (χ2v) is 8.24. The molecule has 0 saturated heterocycles. The van der Waals surface area contributed by atoms with E-state index >= 15 is 0 Å². The van der Waals surface area contributed by atoms with E-state index in [1.165, 1.54) is 0 Å². The summed E-state index contributed by atoms with van der Waals surface area (Å²) in [5, 5.41) is 0.875. The molecule has 0 aliphatic carbocycles. The van der Waals surface area contributed by atoms with Crippen LogP contribution in [0.2, 0.25) is 0 Å². The van der Waals surface area contributed by atoms with Crippen LogP contribution in [0, 0.1) is 13.8 Å². The van der Waals surface area contributed by atoms with Gasteiger partial charge in [-0.2, -0.15) is 26.3 Å². The predicted molar refractivity (Wildman–Crippen MR) is 117 cm³/mol. The molecule has 0 fully saturated rings. The number of alkyl halides is 7. The third kappa shape index (κ3) is 8.89. The van der Waals surface area contributed by atoms with Crippen LogP contribution in [0.4, 0.5) is 32.0 Å². The number of thiazole rings is 1. The highest BCUT2D eigenvalue weighted by atomic mass is 79.9. The van der Waals surface area contributed by atoms with Gasteiger partial charge in [-0.05, 0) is 43.5 Å². The van der Waals surface area contributed by atoms with Gasteiger partial charge in [-0.3, -0.25) is 4.79 Å². The number of aromatic nitrogens is 1. The normalized spacial score (nSPS) is 12.0. The van der Waals surface area contributed by atoms with Crippen LogP contribution in [-0.2, 0) is 17.4 Å². The Kier molecular flexibility index (Phi) is 10.3. The fourth-order valence-electron chi connectivity index (χ4n) is 2.19. The van der Waals surface area contributed by atoms with Crippen molar-refractivity contribution in [2.45, 2.75) is 39.5 Å². The number of carbonyl (C=O) groups is 1. The van der Waals surface area contributed by atoms with Gasteiger partial charge in [0.15, 0.2) is 5.69 Å². The Morgan fingerprint density at radius 2 is 1.81 bits per heavy atom. The Labute approximate surface area is 194 Å². The van der Waals surface area contributed by atoms with Crippen molar-refractivity contribution in [3.05, 3.63) is 44.9 Å². The molecule has 2 rings (SSSR count). The summed E-state index contributed by atoms with van der Waals surface area (Å²) in [6.45, 7) is 6.79. The summed E-state index contributed by atoms with van der Waals surface area (Å²) in [6.07, 6.45) is -6.89. The van der Waals surface area contributed by atoms with Gasteiger partial charge in [-0.15, -0.1) is 11.3 Å². The van der Waals surface area contributed by atoms with Gasteiger partial charge in [0.2, 0.25) is 5.78 Å². The number of nitrogens with zero attached hydrogens (tertiary/aromatic N) is 3. The minimum Gasteiger partial charge on any atom is -0.366 e. The summed E-state index contributed by atoms with van der Waals surface area (Å²) >= 11 is 3.42.